The Labute approximate surface area is 193 Å². The molecule has 1 N–H and O–H groups in total. The van der Waals surface area contributed by atoms with Crippen molar-refractivity contribution in [1.82, 2.24) is 14.8 Å². The topological polar surface area (TPSA) is 59.8 Å². The van der Waals surface area contributed by atoms with Gasteiger partial charge in [-0.15, -0.1) is 22.0 Å². The van der Waals surface area contributed by atoms with E-state index in [-0.39, 0.29) is 5.91 Å². The number of hydrogen-bond donors (Lipinski definition) is 1. The van der Waals surface area contributed by atoms with Gasteiger partial charge in [0.15, 0.2) is 5.16 Å². The third-order valence-corrected chi connectivity index (χ3v) is 7.00. The van der Waals surface area contributed by atoms with Crippen LogP contribution in [-0.4, -0.2) is 26.4 Å². The number of aromatic nitrogens is 3. The minimum absolute atomic E-state index is 0.0255. The van der Waals surface area contributed by atoms with Gasteiger partial charge in [0.1, 0.15) is 5.82 Å². The van der Waals surface area contributed by atoms with E-state index in [1.54, 1.807) is 11.8 Å². The van der Waals surface area contributed by atoms with Gasteiger partial charge in [-0.1, -0.05) is 61.5 Å². The van der Waals surface area contributed by atoms with Crippen LogP contribution in [0.2, 0.25) is 0 Å². The Morgan fingerprint density at radius 3 is 2.48 bits per heavy atom. The third kappa shape index (κ3) is 6.14. The molecule has 3 aromatic rings. The number of benzene rings is 2. The Balaban J connectivity index is 1.62. The molecule has 0 unspecified atom stereocenters. The molecule has 2 aromatic carbocycles. The van der Waals surface area contributed by atoms with Crippen LogP contribution < -0.4 is 5.32 Å². The number of nitrogens with zero attached hydrogens (tertiary/aromatic N) is 3. The van der Waals surface area contributed by atoms with E-state index in [9.17, 15) is 4.79 Å². The lowest BCUT2D eigenvalue weighted by Crippen LogP contribution is -2.17. The number of amides is 1. The molecule has 3 rings (SSSR count). The van der Waals surface area contributed by atoms with Crippen LogP contribution in [0.1, 0.15) is 49.2 Å². The SMILES string of the molecule is CCn1c(CSc2ccc(C)cc2)nnc1SCC(=O)Nc1c(C)cccc1C(C)C. The van der Waals surface area contributed by atoms with E-state index < -0.39 is 0 Å². The number of aryl methyl sites for hydroxylation is 2. The first-order valence-corrected chi connectivity index (χ1v) is 12.5. The minimum Gasteiger partial charge on any atom is -0.325 e. The Hall–Kier alpha value is -2.25. The lowest BCUT2D eigenvalue weighted by molar-refractivity contribution is -0.113. The molecular weight excluding hydrogens is 424 g/mol. The van der Waals surface area contributed by atoms with Gasteiger partial charge in [-0.25, -0.2) is 0 Å². The van der Waals surface area contributed by atoms with Crippen molar-refractivity contribution in [3.05, 3.63) is 65.0 Å². The zero-order chi connectivity index (χ0) is 22.4. The van der Waals surface area contributed by atoms with Gasteiger partial charge in [0.05, 0.1) is 11.5 Å². The molecule has 1 heterocycles. The molecule has 0 saturated carbocycles. The third-order valence-electron chi connectivity index (χ3n) is 5.02. The number of nitrogens with one attached hydrogen (secondary N) is 1. The van der Waals surface area contributed by atoms with E-state index in [2.05, 4.69) is 78.1 Å². The van der Waals surface area contributed by atoms with E-state index in [1.165, 1.54) is 22.2 Å². The van der Waals surface area contributed by atoms with Gasteiger partial charge in [0.2, 0.25) is 5.91 Å². The van der Waals surface area contributed by atoms with Crippen LogP contribution in [0.4, 0.5) is 5.69 Å². The van der Waals surface area contributed by atoms with Crippen molar-refractivity contribution >= 4 is 35.1 Å². The van der Waals surface area contributed by atoms with Crippen LogP contribution in [0.15, 0.2) is 52.5 Å². The predicted octanol–water partition coefficient (Wildman–Crippen LogP) is 6.06. The summed E-state index contributed by atoms with van der Waals surface area (Å²) < 4.78 is 2.09. The summed E-state index contributed by atoms with van der Waals surface area (Å²) >= 11 is 3.18. The average molecular weight is 455 g/mol. The lowest BCUT2D eigenvalue weighted by Gasteiger charge is -2.16. The molecule has 0 fully saturated rings. The van der Waals surface area contributed by atoms with Crippen molar-refractivity contribution in [2.24, 2.45) is 0 Å². The highest BCUT2D eigenvalue weighted by Gasteiger charge is 2.16. The molecule has 164 valence electrons. The van der Waals surface area contributed by atoms with Gasteiger partial charge in [0.25, 0.3) is 0 Å². The predicted molar refractivity (Wildman–Crippen MR) is 131 cm³/mol. The van der Waals surface area contributed by atoms with E-state index in [0.717, 1.165) is 40.1 Å². The van der Waals surface area contributed by atoms with Gasteiger partial charge in [-0.2, -0.15) is 0 Å². The van der Waals surface area contributed by atoms with Crippen LogP contribution in [0.5, 0.6) is 0 Å². The summed E-state index contributed by atoms with van der Waals surface area (Å²) in [4.78, 5) is 13.9. The molecule has 0 aliphatic heterocycles. The van der Waals surface area contributed by atoms with E-state index >= 15 is 0 Å². The summed E-state index contributed by atoms with van der Waals surface area (Å²) in [6.45, 7) is 11.2. The molecule has 1 amide bonds. The highest BCUT2D eigenvalue weighted by Crippen LogP contribution is 2.28. The molecule has 1 aromatic heterocycles. The Morgan fingerprint density at radius 2 is 1.81 bits per heavy atom. The molecule has 0 radical (unpaired) electrons. The maximum absolute atomic E-state index is 12.7. The molecule has 5 nitrogen and oxygen atoms in total. The number of carbonyl (C=O) groups is 1. The number of thioether (sulfide) groups is 2. The van der Waals surface area contributed by atoms with Crippen LogP contribution >= 0.6 is 23.5 Å². The van der Waals surface area contributed by atoms with Crippen LogP contribution in [-0.2, 0) is 17.1 Å². The highest BCUT2D eigenvalue weighted by molar-refractivity contribution is 7.99. The van der Waals surface area contributed by atoms with Gasteiger partial charge >= 0.3 is 0 Å². The van der Waals surface area contributed by atoms with Crippen LogP contribution in [0.25, 0.3) is 0 Å². The minimum atomic E-state index is -0.0255. The van der Waals surface area contributed by atoms with Crippen molar-refractivity contribution in [2.45, 2.75) is 62.9 Å². The van der Waals surface area contributed by atoms with Gasteiger partial charge in [0, 0.05) is 17.1 Å². The van der Waals surface area contributed by atoms with E-state index in [1.807, 2.05) is 19.1 Å². The highest BCUT2D eigenvalue weighted by atomic mass is 32.2. The molecular formula is C24H30N4OS2. The molecule has 0 spiro atoms. The zero-order valence-electron chi connectivity index (χ0n) is 18.8. The van der Waals surface area contributed by atoms with Crippen LogP contribution in [0.3, 0.4) is 0 Å². The summed E-state index contributed by atoms with van der Waals surface area (Å²) in [5, 5.41) is 12.6. The fourth-order valence-corrected chi connectivity index (χ4v) is 4.94. The maximum Gasteiger partial charge on any atom is 0.234 e. The fraction of sp³-hybridized carbons (Fsp3) is 0.375. The average Bonchev–Trinajstić information content (AvgIpc) is 3.15. The van der Waals surface area contributed by atoms with Crippen molar-refractivity contribution in [3.63, 3.8) is 0 Å². The summed E-state index contributed by atoms with van der Waals surface area (Å²) in [5.74, 6) is 2.30. The van der Waals surface area contributed by atoms with Gasteiger partial charge in [-0.3, -0.25) is 4.79 Å². The second-order valence-electron chi connectivity index (χ2n) is 7.78. The summed E-state index contributed by atoms with van der Waals surface area (Å²) in [6.07, 6.45) is 0. The first kappa shape index (κ1) is 23.4. The molecule has 7 heteroatoms. The van der Waals surface area contributed by atoms with Crippen molar-refractivity contribution < 1.29 is 4.79 Å². The number of para-hydroxylation sites is 1. The van der Waals surface area contributed by atoms with Gasteiger partial charge in [-0.05, 0) is 49.9 Å². The molecule has 0 aliphatic carbocycles. The Morgan fingerprint density at radius 1 is 1.06 bits per heavy atom. The molecule has 0 atom stereocenters. The Kier molecular flexibility index (Phi) is 8.21. The van der Waals surface area contributed by atoms with Crippen molar-refractivity contribution in [2.75, 3.05) is 11.1 Å². The summed E-state index contributed by atoms with van der Waals surface area (Å²) in [6, 6.07) is 14.6. The molecule has 31 heavy (non-hydrogen) atoms. The lowest BCUT2D eigenvalue weighted by atomic mass is 9.98. The quantitative estimate of drug-likeness (QED) is 0.398. The smallest absolute Gasteiger partial charge is 0.234 e. The number of hydrogen-bond acceptors (Lipinski definition) is 5. The zero-order valence-corrected chi connectivity index (χ0v) is 20.4. The van der Waals surface area contributed by atoms with Gasteiger partial charge < -0.3 is 9.88 Å². The normalized spacial score (nSPS) is 11.2. The number of rotatable bonds is 9. The first-order valence-electron chi connectivity index (χ1n) is 10.5. The number of carbonyl (C=O) groups excluding carboxylic acids is 1. The Bertz CT molecular complexity index is 1030. The molecule has 0 saturated heterocycles. The molecule has 0 aliphatic rings. The summed E-state index contributed by atoms with van der Waals surface area (Å²) in [5.41, 5.74) is 4.42. The van der Waals surface area contributed by atoms with Crippen molar-refractivity contribution in [1.29, 1.82) is 0 Å². The van der Waals surface area contributed by atoms with E-state index in [4.69, 9.17) is 0 Å². The van der Waals surface area contributed by atoms with Crippen molar-refractivity contribution in [3.8, 4) is 0 Å². The second kappa shape index (κ2) is 10.9. The largest absolute Gasteiger partial charge is 0.325 e. The monoisotopic (exact) mass is 454 g/mol. The standard InChI is InChI=1S/C24H30N4OS2/c1-6-28-21(14-30-19-12-10-17(4)11-13-19)26-27-24(28)31-15-22(29)25-23-18(5)8-7-9-20(23)16(2)3/h7-13,16H,6,14-15H2,1-5H3,(H,25,29). The fourth-order valence-electron chi connectivity index (χ4n) is 3.28. The molecule has 0 bridgehead atoms. The van der Waals surface area contributed by atoms with Crippen LogP contribution in [0, 0.1) is 13.8 Å². The summed E-state index contributed by atoms with van der Waals surface area (Å²) in [7, 11) is 0. The second-order valence-corrected chi connectivity index (χ2v) is 9.77. The maximum atomic E-state index is 12.7. The van der Waals surface area contributed by atoms with E-state index in [0.29, 0.717) is 11.7 Å². The number of anilines is 1. The first-order chi connectivity index (χ1) is 14.9.